The lowest BCUT2D eigenvalue weighted by Gasteiger charge is -2.08. The molecule has 4 aromatic rings. The van der Waals surface area contributed by atoms with E-state index >= 15 is 0 Å². The summed E-state index contributed by atoms with van der Waals surface area (Å²) in [6.07, 6.45) is 6.43. The standard InChI is InChI=1S/C20H18N6O2S/c1-29(2,28)26-18-8-6-15(12-22-18)23-20(27)19-16-10-13(5-7-17(16)24-25-19)14-4-3-9-21-11-14/h3-12H,1H2,2H3,(H,23,27)(H,24,25)(H,22,26,28). The maximum absolute atomic E-state index is 12.7. The number of carbonyl (C=O) groups is 1. The number of rotatable bonds is 5. The molecule has 146 valence electrons. The summed E-state index contributed by atoms with van der Waals surface area (Å²) in [7, 11) is -2.42. The monoisotopic (exact) mass is 406 g/mol. The smallest absolute Gasteiger partial charge is 0.276 e. The van der Waals surface area contributed by atoms with Crippen LogP contribution in [0, 0.1) is 0 Å². The first-order chi connectivity index (χ1) is 13.9. The van der Waals surface area contributed by atoms with Gasteiger partial charge in [0.2, 0.25) is 0 Å². The van der Waals surface area contributed by atoms with Crippen molar-refractivity contribution in [1.29, 1.82) is 0 Å². The van der Waals surface area contributed by atoms with E-state index in [-0.39, 0.29) is 11.6 Å². The summed E-state index contributed by atoms with van der Waals surface area (Å²) in [4.78, 5) is 21.0. The topological polar surface area (TPSA) is 113 Å². The van der Waals surface area contributed by atoms with Crippen LogP contribution in [0.2, 0.25) is 0 Å². The van der Waals surface area contributed by atoms with Gasteiger partial charge in [-0.15, -0.1) is 0 Å². The number of benzene rings is 1. The van der Waals surface area contributed by atoms with Crippen molar-refractivity contribution in [3.63, 3.8) is 0 Å². The maximum Gasteiger partial charge on any atom is 0.276 e. The van der Waals surface area contributed by atoms with Crippen molar-refractivity contribution in [2.75, 3.05) is 16.3 Å². The lowest BCUT2D eigenvalue weighted by molar-refractivity contribution is 0.102. The molecule has 0 fully saturated rings. The third-order valence-corrected chi connectivity index (χ3v) is 4.76. The first-order valence-electron chi connectivity index (χ1n) is 8.65. The summed E-state index contributed by atoms with van der Waals surface area (Å²) >= 11 is 0. The molecule has 0 aliphatic carbocycles. The highest BCUT2D eigenvalue weighted by Gasteiger charge is 2.15. The van der Waals surface area contributed by atoms with Crippen LogP contribution < -0.4 is 10.0 Å². The molecule has 0 bridgehead atoms. The molecule has 0 aliphatic rings. The first-order valence-corrected chi connectivity index (χ1v) is 10.8. The quantitative estimate of drug-likeness (QED) is 0.441. The second-order valence-electron chi connectivity index (χ2n) is 6.57. The molecular formula is C20H18N6O2S. The van der Waals surface area contributed by atoms with Crippen LogP contribution in [-0.2, 0) is 9.71 Å². The summed E-state index contributed by atoms with van der Waals surface area (Å²) in [5.74, 6) is 3.57. The van der Waals surface area contributed by atoms with Crippen molar-refractivity contribution in [2.45, 2.75) is 0 Å². The van der Waals surface area contributed by atoms with Crippen LogP contribution in [0.5, 0.6) is 0 Å². The number of aromatic amines is 1. The molecule has 1 aromatic carbocycles. The largest absolute Gasteiger partial charge is 0.319 e. The Labute approximate surface area is 167 Å². The highest BCUT2D eigenvalue weighted by atomic mass is 32.2. The molecule has 1 amide bonds. The van der Waals surface area contributed by atoms with Gasteiger partial charge in [-0.25, -0.2) is 9.19 Å². The summed E-state index contributed by atoms with van der Waals surface area (Å²) in [6, 6.07) is 12.8. The number of carbonyl (C=O) groups excluding carboxylic acids is 1. The van der Waals surface area contributed by atoms with E-state index in [4.69, 9.17) is 0 Å². The van der Waals surface area contributed by atoms with Crippen molar-refractivity contribution >= 4 is 43.9 Å². The van der Waals surface area contributed by atoms with Gasteiger partial charge >= 0.3 is 0 Å². The van der Waals surface area contributed by atoms with Crippen LogP contribution in [0.4, 0.5) is 11.5 Å². The molecule has 1 unspecified atom stereocenters. The Bertz CT molecular complexity index is 1280. The number of hydrogen-bond donors (Lipinski definition) is 3. The molecule has 3 N–H and O–H groups in total. The van der Waals surface area contributed by atoms with Gasteiger partial charge < -0.3 is 5.32 Å². The molecule has 0 aliphatic heterocycles. The second kappa shape index (κ2) is 7.36. The van der Waals surface area contributed by atoms with Crippen molar-refractivity contribution in [2.24, 2.45) is 0 Å². The molecule has 0 spiro atoms. The predicted molar refractivity (Wildman–Crippen MR) is 116 cm³/mol. The Morgan fingerprint density at radius 2 is 2.00 bits per heavy atom. The fraction of sp³-hybridized carbons (Fsp3) is 0.0500. The molecule has 3 aromatic heterocycles. The Kier molecular flexibility index (Phi) is 4.73. The predicted octanol–water partition coefficient (Wildman–Crippen LogP) is 2.95. The summed E-state index contributed by atoms with van der Waals surface area (Å²) in [6.45, 7) is 0. The Balaban J connectivity index is 1.58. The molecular weight excluding hydrogens is 388 g/mol. The summed E-state index contributed by atoms with van der Waals surface area (Å²) < 4.78 is 14.4. The molecule has 9 heteroatoms. The molecule has 0 saturated carbocycles. The summed E-state index contributed by atoms with van der Waals surface area (Å²) in [5, 5.41) is 10.5. The lowest BCUT2D eigenvalue weighted by atomic mass is 10.0. The Morgan fingerprint density at radius 3 is 2.69 bits per heavy atom. The third kappa shape index (κ3) is 4.25. The van der Waals surface area contributed by atoms with E-state index in [9.17, 15) is 9.00 Å². The normalized spacial score (nSPS) is 13.0. The highest BCUT2D eigenvalue weighted by Crippen LogP contribution is 2.25. The van der Waals surface area contributed by atoms with Gasteiger partial charge in [0.1, 0.15) is 5.82 Å². The van der Waals surface area contributed by atoms with Crippen molar-refractivity contribution in [1.82, 2.24) is 20.2 Å². The zero-order valence-corrected chi connectivity index (χ0v) is 16.4. The molecule has 0 saturated heterocycles. The molecule has 0 radical (unpaired) electrons. The zero-order chi connectivity index (χ0) is 20.4. The molecule has 3 heterocycles. The van der Waals surface area contributed by atoms with Crippen LogP contribution in [0.3, 0.4) is 0 Å². The number of amides is 1. The van der Waals surface area contributed by atoms with Crippen LogP contribution in [0.15, 0.2) is 61.1 Å². The lowest BCUT2D eigenvalue weighted by Crippen LogP contribution is -2.14. The molecule has 8 nitrogen and oxygen atoms in total. The van der Waals surface area contributed by atoms with E-state index in [1.807, 2.05) is 30.3 Å². The molecule has 4 rings (SSSR count). The van der Waals surface area contributed by atoms with Crippen molar-refractivity contribution in [3.8, 4) is 11.1 Å². The highest BCUT2D eigenvalue weighted by molar-refractivity contribution is 8.00. The minimum atomic E-state index is -2.42. The average Bonchev–Trinajstić information content (AvgIpc) is 3.12. The van der Waals surface area contributed by atoms with Crippen LogP contribution in [-0.4, -0.2) is 42.4 Å². The average molecular weight is 406 g/mol. The van der Waals surface area contributed by atoms with Gasteiger partial charge in [-0.3, -0.25) is 19.6 Å². The van der Waals surface area contributed by atoms with Crippen LogP contribution in [0.25, 0.3) is 22.0 Å². The summed E-state index contributed by atoms with van der Waals surface area (Å²) in [5.41, 5.74) is 3.42. The van der Waals surface area contributed by atoms with Gasteiger partial charge in [0.15, 0.2) is 5.69 Å². The Hall–Kier alpha value is -3.72. The van der Waals surface area contributed by atoms with Crippen LogP contribution >= 0.6 is 0 Å². The van der Waals surface area contributed by atoms with Crippen molar-refractivity contribution < 1.29 is 9.00 Å². The van der Waals surface area contributed by atoms with E-state index in [0.29, 0.717) is 16.9 Å². The number of anilines is 2. The second-order valence-corrected chi connectivity index (χ2v) is 8.78. The van der Waals surface area contributed by atoms with Gasteiger partial charge in [0, 0.05) is 39.3 Å². The Morgan fingerprint density at radius 1 is 1.14 bits per heavy atom. The number of aromatic nitrogens is 4. The molecule has 1 atom stereocenters. The van der Waals surface area contributed by atoms with Gasteiger partial charge in [0.25, 0.3) is 5.91 Å². The number of hydrogen-bond acceptors (Lipinski definition) is 5. The van der Waals surface area contributed by atoms with E-state index in [1.54, 1.807) is 24.5 Å². The number of pyridine rings is 2. The minimum absolute atomic E-state index is 0.280. The SMILES string of the molecule is C=S(C)(=O)Nc1ccc(NC(=O)c2n[nH]c3ccc(-c4cccnc4)cc23)cn1. The number of H-pyrrole nitrogens is 1. The number of nitrogens with one attached hydrogen (secondary N) is 3. The maximum atomic E-state index is 12.7. The van der Waals surface area contributed by atoms with E-state index in [0.717, 1.165) is 16.6 Å². The zero-order valence-electron chi connectivity index (χ0n) is 15.5. The van der Waals surface area contributed by atoms with Gasteiger partial charge in [-0.2, -0.15) is 5.10 Å². The molecule has 29 heavy (non-hydrogen) atoms. The first kappa shape index (κ1) is 18.6. The van der Waals surface area contributed by atoms with Crippen molar-refractivity contribution in [3.05, 3.63) is 66.7 Å². The fourth-order valence-electron chi connectivity index (χ4n) is 2.84. The van der Waals surface area contributed by atoms with Crippen LogP contribution in [0.1, 0.15) is 10.5 Å². The van der Waals surface area contributed by atoms with E-state index in [1.165, 1.54) is 12.5 Å². The minimum Gasteiger partial charge on any atom is -0.319 e. The van der Waals surface area contributed by atoms with E-state index in [2.05, 4.69) is 36.1 Å². The third-order valence-electron chi connectivity index (χ3n) is 4.11. The number of fused-ring (bicyclic) bond motifs is 1. The van der Waals surface area contributed by atoms with Gasteiger partial charge in [-0.1, -0.05) is 12.1 Å². The fourth-order valence-corrected chi connectivity index (χ4v) is 3.40. The van der Waals surface area contributed by atoms with Gasteiger partial charge in [0.05, 0.1) is 17.4 Å². The van der Waals surface area contributed by atoms with Gasteiger partial charge in [-0.05, 0) is 41.8 Å². The van der Waals surface area contributed by atoms with E-state index < -0.39 is 9.71 Å². The number of nitrogens with zero attached hydrogens (tertiary/aromatic N) is 3.